The first-order valence-electron chi connectivity index (χ1n) is 23.3. The summed E-state index contributed by atoms with van der Waals surface area (Å²) in [6, 6.07) is 14.8. The number of nitrogens with zero attached hydrogens (tertiary/aromatic N) is 8. The molecular weight excluding hydrogens is 785 g/mol. The molecule has 8 aliphatic rings. The van der Waals surface area contributed by atoms with Crippen molar-refractivity contribution in [2.24, 2.45) is 11.8 Å². The number of hydrogen-bond donors (Lipinski definition) is 2. The molecule has 0 aromatic heterocycles. The van der Waals surface area contributed by atoms with E-state index in [0.29, 0.717) is 30.7 Å². The SMILES string of the molecule is COCOC.Cc1c2c(cc3c1N1Cc4cc5c(c(C)c4N(C3)C1)CN1CN5CC(C)C1C)N1CC(C)C(C)N(C2)C1.Cc1cc(N)cc2c1N1Cc3cc(N)cc(C)c3N(C2)C1. The van der Waals surface area contributed by atoms with Crippen LogP contribution in [0, 0.1) is 39.5 Å². The monoisotopic (exact) mass is 855 g/mol. The number of methoxy groups -OCH3 is 2. The molecule has 4 aromatic rings. The average molecular weight is 855 g/mol. The van der Waals surface area contributed by atoms with Crippen LogP contribution in [0.3, 0.4) is 0 Å². The number of nitrogens with two attached hydrogens (primary N) is 2. The third-order valence-corrected chi connectivity index (χ3v) is 15.8. The summed E-state index contributed by atoms with van der Waals surface area (Å²) in [6.07, 6.45) is 0. The van der Waals surface area contributed by atoms with E-state index in [4.69, 9.17) is 11.5 Å². The molecule has 6 atom stereocenters. The predicted molar refractivity (Wildman–Crippen MR) is 260 cm³/mol. The van der Waals surface area contributed by atoms with Gasteiger partial charge in [0.15, 0.2) is 0 Å². The van der Waals surface area contributed by atoms with Gasteiger partial charge >= 0.3 is 0 Å². The zero-order valence-electron chi connectivity index (χ0n) is 39.5. The Morgan fingerprint density at radius 2 is 0.841 bits per heavy atom. The minimum atomic E-state index is 0.389. The maximum absolute atomic E-state index is 6.02. The Bertz CT molecular complexity index is 2290. The Morgan fingerprint density at radius 3 is 1.21 bits per heavy atom. The van der Waals surface area contributed by atoms with Crippen LogP contribution >= 0.6 is 0 Å². The first-order valence-corrected chi connectivity index (χ1v) is 23.3. The summed E-state index contributed by atoms with van der Waals surface area (Å²) in [5.41, 5.74) is 36.9. The van der Waals surface area contributed by atoms with Crippen molar-refractivity contribution in [3.63, 3.8) is 0 Å². The van der Waals surface area contributed by atoms with Crippen LogP contribution in [-0.4, -0.2) is 82.7 Å². The number of aryl methyl sites for hydroxylation is 2. The normalized spacial score (nSPS) is 25.3. The fourth-order valence-corrected chi connectivity index (χ4v) is 12.6. The van der Waals surface area contributed by atoms with Crippen LogP contribution in [0.25, 0.3) is 0 Å². The van der Waals surface area contributed by atoms with Crippen molar-refractivity contribution in [3.05, 3.63) is 92.0 Å². The van der Waals surface area contributed by atoms with Gasteiger partial charge in [0, 0.05) is 124 Å². The molecule has 0 amide bonds. The quantitative estimate of drug-likeness (QED) is 0.152. The van der Waals surface area contributed by atoms with Crippen LogP contribution < -0.4 is 40.9 Å². The van der Waals surface area contributed by atoms with Crippen LogP contribution in [0.5, 0.6) is 0 Å². The van der Waals surface area contributed by atoms with Crippen LogP contribution in [0.4, 0.5) is 45.5 Å². The number of benzene rings is 4. The van der Waals surface area contributed by atoms with Gasteiger partial charge < -0.3 is 50.3 Å². The molecule has 0 radical (unpaired) electrons. The summed E-state index contributed by atoms with van der Waals surface area (Å²) < 4.78 is 8.94. The largest absolute Gasteiger partial charge is 0.399 e. The number of hydrogen-bond acceptors (Lipinski definition) is 12. The van der Waals surface area contributed by atoms with Gasteiger partial charge in [-0.05, 0) is 145 Å². The molecule has 4 aromatic carbocycles. The van der Waals surface area contributed by atoms with E-state index in [1.165, 1.54) is 91.7 Å². The summed E-state index contributed by atoms with van der Waals surface area (Å²) in [5.74, 6) is 1.42. The molecule has 0 spiro atoms. The Labute approximate surface area is 375 Å². The molecule has 0 saturated carbocycles. The summed E-state index contributed by atoms with van der Waals surface area (Å²) in [6.45, 7) is 31.7. The third-order valence-electron chi connectivity index (χ3n) is 15.8. The molecule has 4 N–H and O–H groups in total. The van der Waals surface area contributed by atoms with Crippen LogP contribution in [0.2, 0.25) is 0 Å². The topological polar surface area (TPSA) is 96.4 Å². The van der Waals surface area contributed by atoms with E-state index in [1.807, 2.05) is 0 Å². The van der Waals surface area contributed by atoms with E-state index in [1.54, 1.807) is 25.3 Å². The molecule has 12 rings (SSSR count). The smallest absolute Gasteiger partial charge is 0.145 e. The highest BCUT2D eigenvalue weighted by Gasteiger charge is 2.41. The van der Waals surface area contributed by atoms with Crippen molar-refractivity contribution in [2.75, 3.05) is 102 Å². The Morgan fingerprint density at radius 1 is 0.476 bits per heavy atom. The molecular formula is C51H70N10O2. The van der Waals surface area contributed by atoms with Crippen molar-refractivity contribution < 1.29 is 9.47 Å². The minimum absolute atomic E-state index is 0.389. The van der Waals surface area contributed by atoms with Crippen molar-refractivity contribution in [1.29, 1.82) is 0 Å². The molecule has 8 bridgehead atoms. The first kappa shape index (κ1) is 42.1. The molecule has 2 fully saturated rings. The van der Waals surface area contributed by atoms with Gasteiger partial charge in [0.25, 0.3) is 0 Å². The number of ether oxygens (including phenoxy) is 2. The molecule has 0 aliphatic carbocycles. The fourth-order valence-electron chi connectivity index (χ4n) is 12.6. The summed E-state index contributed by atoms with van der Waals surface area (Å²) >= 11 is 0. The van der Waals surface area contributed by atoms with Crippen LogP contribution in [0.15, 0.2) is 36.4 Å². The summed E-state index contributed by atoms with van der Waals surface area (Å²) in [4.78, 5) is 20.9. The van der Waals surface area contributed by atoms with E-state index in [9.17, 15) is 0 Å². The van der Waals surface area contributed by atoms with Crippen molar-refractivity contribution in [1.82, 2.24) is 9.80 Å². The highest BCUT2D eigenvalue weighted by molar-refractivity contribution is 5.81. The van der Waals surface area contributed by atoms with Crippen molar-refractivity contribution >= 4 is 45.5 Å². The average Bonchev–Trinajstić information content (AvgIpc) is 3.22. The minimum Gasteiger partial charge on any atom is -0.399 e. The van der Waals surface area contributed by atoms with Gasteiger partial charge in [-0.1, -0.05) is 13.8 Å². The van der Waals surface area contributed by atoms with Gasteiger partial charge in [-0.2, -0.15) is 0 Å². The van der Waals surface area contributed by atoms with E-state index in [2.05, 4.69) is 140 Å². The predicted octanol–water partition coefficient (Wildman–Crippen LogP) is 7.84. The van der Waals surface area contributed by atoms with E-state index >= 15 is 0 Å². The molecule has 12 nitrogen and oxygen atoms in total. The molecule has 2 saturated heterocycles. The molecule has 12 heteroatoms. The number of nitrogen functional groups attached to an aromatic ring is 2. The Balaban J connectivity index is 0.000000153. The second-order valence-corrected chi connectivity index (χ2v) is 20.1. The van der Waals surface area contributed by atoms with Crippen molar-refractivity contribution in [2.45, 2.75) is 107 Å². The number of anilines is 8. The standard InChI is InChI=1S/C31H42N6.C17H20N4.C3H8O2/c1-18-9-34-15-32(22(18)5)13-26-20(3)30-24(7-28(26)34)11-36-17-37(30)12-25-8-29-27(21(4)31(25)36)14-33-16-35(29)10-19(2)23(33)6;1-10-3-14(18)5-12-7-21-9-20(16(10)12)8-13-6-15(19)4-11(2)17(13)21;1-4-3-5-2/h7-8,18-19,22-23H,9-17H2,1-6H3;3-6H,7-9,18-19H2,1-2H3;3H2,1-2H3. The lowest BCUT2D eigenvalue weighted by molar-refractivity contribution is -0.00272. The molecule has 63 heavy (non-hydrogen) atoms. The van der Waals surface area contributed by atoms with Gasteiger partial charge in [0.1, 0.15) is 6.79 Å². The third kappa shape index (κ3) is 7.03. The lowest BCUT2D eigenvalue weighted by Crippen LogP contribution is -2.57. The highest BCUT2D eigenvalue weighted by atomic mass is 16.6. The van der Waals surface area contributed by atoms with E-state index < -0.39 is 0 Å². The number of fused-ring (bicyclic) bond motifs is 20. The number of rotatable bonds is 2. The maximum Gasteiger partial charge on any atom is 0.145 e. The molecule has 8 heterocycles. The van der Waals surface area contributed by atoms with Crippen molar-refractivity contribution in [3.8, 4) is 0 Å². The van der Waals surface area contributed by atoms with Gasteiger partial charge in [0.05, 0.1) is 26.7 Å². The van der Waals surface area contributed by atoms with Gasteiger partial charge in [-0.3, -0.25) is 9.80 Å². The lowest BCUT2D eigenvalue weighted by atomic mass is 9.87. The van der Waals surface area contributed by atoms with Crippen LogP contribution in [-0.2, 0) is 48.7 Å². The van der Waals surface area contributed by atoms with Crippen LogP contribution in [0.1, 0.15) is 83.3 Å². The van der Waals surface area contributed by atoms with Gasteiger partial charge in [-0.15, -0.1) is 0 Å². The zero-order valence-corrected chi connectivity index (χ0v) is 39.5. The molecule has 6 unspecified atom stereocenters. The summed E-state index contributed by atoms with van der Waals surface area (Å²) in [5, 5.41) is 0. The Kier molecular flexibility index (Phi) is 10.7. The van der Waals surface area contributed by atoms with E-state index in [-0.39, 0.29) is 0 Å². The van der Waals surface area contributed by atoms with Gasteiger partial charge in [0.2, 0.25) is 0 Å². The molecule has 8 aliphatic heterocycles. The fraction of sp³-hybridized carbons (Fsp3) is 0.529. The second-order valence-electron chi connectivity index (χ2n) is 20.1. The lowest BCUT2D eigenvalue weighted by Gasteiger charge is -2.53. The van der Waals surface area contributed by atoms with E-state index in [0.717, 1.165) is 77.3 Å². The second kappa shape index (κ2) is 16.0. The molecule has 336 valence electrons. The Hall–Kier alpha value is -4.88. The highest BCUT2D eigenvalue weighted by Crippen LogP contribution is 2.50. The van der Waals surface area contributed by atoms with Gasteiger partial charge in [-0.25, -0.2) is 0 Å². The summed E-state index contributed by atoms with van der Waals surface area (Å²) in [7, 11) is 3.17. The maximum atomic E-state index is 6.02. The first-order chi connectivity index (χ1) is 30.2. The zero-order chi connectivity index (χ0) is 44.2.